The summed E-state index contributed by atoms with van der Waals surface area (Å²) in [5.41, 5.74) is 3.99. The summed E-state index contributed by atoms with van der Waals surface area (Å²) < 4.78 is 6.37. The quantitative estimate of drug-likeness (QED) is 0.722. The molecule has 0 aliphatic heterocycles. The number of rotatable bonds is 3. The lowest BCUT2D eigenvalue weighted by atomic mass is 10.1. The summed E-state index contributed by atoms with van der Waals surface area (Å²) in [6.45, 7) is 2.00. The van der Waals surface area contributed by atoms with Gasteiger partial charge in [0, 0.05) is 26.9 Å². The molecule has 0 atom stereocenters. The Morgan fingerprint density at radius 1 is 1.05 bits per heavy atom. The van der Waals surface area contributed by atoms with E-state index in [2.05, 4.69) is 26.2 Å². The number of anilines is 2. The van der Waals surface area contributed by atoms with Crippen LogP contribution in [0.3, 0.4) is 0 Å². The third kappa shape index (κ3) is 3.00. The topological polar surface area (TPSA) is 34.1 Å². The minimum atomic E-state index is 0.826. The number of aryl methyl sites for hydroxylation is 1. The van der Waals surface area contributed by atoms with Gasteiger partial charge in [-0.3, -0.25) is 4.98 Å². The maximum atomic E-state index is 5.31. The highest BCUT2D eigenvalue weighted by atomic mass is 79.9. The molecule has 0 amide bonds. The minimum Gasteiger partial charge on any atom is -0.497 e. The number of ether oxygens (including phenoxy) is 1. The van der Waals surface area contributed by atoms with Gasteiger partial charge < -0.3 is 10.1 Å². The van der Waals surface area contributed by atoms with Crippen LogP contribution in [0, 0.1) is 6.92 Å². The molecule has 1 aromatic heterocycles. The predicted octanol–water partition coefficient (Wildman–Crippen LogP) is 5.06. The molecule has 0 aliphatic rings. The first-order valence-electron chi connectivity index (χ1n) is 6.64. The van der Waals surface area contributed by atoms with Crippen molar-refractivity contribution < 1.29 is 4.74 Å². The summed E-state index contributed by atoms with van der Waals surface area (Å²) >= 11 is 3.45. The number of nitrogens with zero attached hydrogens (tertiary/aromatic N) is 1. The van der Waals surface area contributed by atoms with Crippen LogP contribution in [0.25, 0.3) is 10.9 Å². The van der Waals surface area contributed by atoms with E-state index in [0.717, 1.165) is 38.2 Å². The smallest absolute Gasteiger partial charge is 0.119 e. The van der Waals surface area contributed by atoms with Crippen molar-refractivity contribution in [2.24, 2.45) is 0 Å². The Bertz CT molecular complexity index is 785. The van der Waals surface area contributed by atoms with Crippen LogP contribution in [0.2, 0.25) is 0 Å². The number of halogens is 1. The molecule has 0 spiro atoms. The molecule has 1 N–H and O–H groups in total. The van der Waals surface area contributed by atoms with Crippen LogP contribution < -0.4 is 10.1 Å². The Morgan fingerprint density at radius 3 is 2.52 bits per heavy atom. The van der Waals surface area contributed by atoms with Gasteiger partial charge in [-0.2, -0.15) is 0 Å². The van der Waals surface area contributed by atoms with Gasteiger partial charge in [0.25, 0.3) is 0 Å². The fraction of sp³-hybridized carbons (Fsp3) is 0.118. The number of benzene rings is 2. The largest absolute Gasteiger partial charge is 0.497 e. The number of nitrogens with one attached hydrogen (secondary N) is 1. The van der Waals surface area contributed by atoms with Crippen LogP contribution in [0.15, 0.2) is 53.0 Å². The van der Waals surface area contributed by atoms with E-state index in [4.69, 9.17) is 4.74 Å². The molecule has 3 nitrogen and oxygen atoms in total. The summed E-state index contributed by atoms with van der Waals surface area (Å²) in [6, 6.07) is 16.1. The van der Waals surface area contributed by atoms with Gasteiger partial charge in [-0.1, -0.05) is 15.9 Å². The van der Waals surface area contributed by atoms with Gasteiger partial charge in [-0.15, -0.1) is 0 Å². The highest BCUT2D eigenvalue weighted by Crippen LogP contribution is 2.29. The third-order valence-electron chi connectivity index (χ3n) is 3.27. The summed E-state index contributed by atoms with van der Waals surface area (Å²) in [5.74, 6) is 0.826. The van der Waals surface area contributed by atoms with E-state index in [9.17, 15) is 0 Å². The number of aromatic nitrogens is 1. The van der Waals surface area contributed by atoms with Gasteiger partial charge in [-0.25, -0.2) is 0 Å². The molecular formula is C17H15BrN2O. The summed E-state index contributed by atoms with van der Waals surface area (Å²) in [5, 5.41) is 4.49. The van der Waals surface area contributed by atoms with Crippen LogP contribution in [0.5, 0.6) is 5.75 Å². The zero-order chi connectivity index (χ0) is 14.8. The summed E-state index contributed by atoms with van der Waals surface area (Å²) in [4.78, 5) is 4.56. The van der Waals surface area contributed by atoms with E-state index < -0.39 is 0 Å². The van der Waals surface area contributed by atoms with E-state index in [1.165, 1.54) is 0 Å². The Hall–Kier alpha value is -2.07. The van der Waals surface area contributed by atoms with Crippen molar-refractivity contribution in [1.82, 2.24) is 4.98 Å². The number of fused-ring (bicyclic) bond motifs is 1. The highest BCUT2D eigenvalue weighted by molar-refractivity contribution is 9.10. The highest BCUT2D eigenvalue weighted by Gasteiger charge is 2.06. The molecule has 0 fully saturated rings. The first-order chi connectivity index (χ1) is 10.2. The molecule has 0 radical (unpaired) electrons. The lowest BCUT2D eigenvalue weighted by molar-refractivity contribution is 0.415. The lowest BCUT2D eigenvalue weighted by Crippen LogP contribution is -1.95. The van der Waals surface area contributed by atoms with Crippen LogP contribution >= 0.6 is 15.9 Å². The second kappa shape index (κ2) is 5.74. The molecule has 0 saturated carbocycles. The average Bonchev–Trinajstić information content (AvgIpc) is 2.49. The van der Waals surface area contributed by atoms with E-state index in [1.807, 2.05) is 55.5 Å². The normalized spacial score (nSPS) is 10.6. The van der Waals surface area contributed by atoms with Gasteiger partial charge >= 0.3 is 0 Å². The van der Waals surface area contributed by atoms with Crippen LogP contribution in [-0.2, 0) is 0 Å². The van der Waals surface area contributed by atoms with Crippen molar-refractivity contribution >= 4 is 38.2 Å². The predicted molar refractivity (Wildman–Crippen MR) is 90.5 cm³/mol. The molecule has 0 saturated heterocycles. The van der Waals surface area contributed by atoms with Gasteiger partial charge in [0.2, 0.25) is 0 Å². The van der Waals surface area contributed by atoms with E-state index in [0.29, 0.717) is 0 Å². The molecule has 0 aliphatic carbocycles. The van der Waals surface area contributed by atoms with Crippen molar-refractivity contribution in [1.29, 1.82) is 0 Å². The summed E-state index contributed by atoms with van der Waals surface area (Å²) in [6.07, 6.45) is 0. The molecule has 3 rings (SSSR count). The van der Waals surface area contributed by atoms with Gasteiger partial charge in [0.15, 0.2) is 0 Å². The monoisotopic (exact) mass is 342 g/mol. The number of hydrogen-bond donors (Lipinski definition) is 1. The first-order valence-corrected chi connectivity index (χ1v) is 7.43. The zero-order valence-corrected chi connectivity index (χ0v) is 13.4. The van der Waals surface area contributed by atoms with Crippen molar-refractivity contribution in [3.8, 4) is 5.75 Å². The molecule has 106 valence electrons. The molecule has 0 unspecified atom stereocenters. The van der Waals surface area contributed by atoms with E-state index in [1.54, 1.807) is 7.11 Å². The maximum absolute atomic E-state index is 5.31. The molecule has 2 aromatic carbocycles. The average molecular weight is 343 g/mol. The van der Waals surface area contributed by atoms with Crippen molar-refractivity contribution in [2.75, 3.05) is 12.4 Å². The SMILES string of the molecule is COc1ccc2nc(C)cc(Nc3ccc(Br)cc3)c2c1. The minimum absolute atomic E-state index is 0.826. The summed E-state index contributed by atoms with van der Waals surface area (Å²) in [7, 11) is 1.67. The van der Waals surface area contributed by atoms with Crippen LogP contribution in [0.1, 0.15) is 5.69 Å². The standard InChI is InChI=1S/C17H15BrN2O/c1-11-9-17(20-13-5-3-12(18)4-6-13)15-10-14(21-2)7-8-16(15)19-11/h3-10H,1-2H3,(H,19,20). The Morgan fingerprint density at radius 2 is 1.81 bits per heavy atom. The van der Waals surface area contributed by atoms with E-state index in [-0.39, 0.29) is 0 Å². The molecule has 4 heteroatoms. The molecule has 0 bridgehead atoms. The van der Waals surface area contributed by atoms with Gasteiger partial charge in [-0.05, 0) is 55.5 Å². The second-order valence-electron chi connectivity index (χ2n) is 4.83. The number of hydrogen-bond acceptors (Lipinski definition) is 3. The molecule has 21 heavy (non-hydrogen) atoms. The fourth-order valence-corrected chi connectivity index (χ4v) is 2.52. The van der Waals surface area contributed by atoms with Crippen molar-refractivity contribution in [3.63, 3.8) is 0 Å². The number of pyridine rings is 1. The van der Waals surface area contributed by atoms with Crippen LogP contribution in [0.4, 0.5) is 11.4 Å². The van der Waals surface area contributed by atoms with Crippen molar-refractivity contribution in [2.45, 2.75) is 6.92 Å². The fourth-order valence-electron chi connectivity index (χ4n) is 2.26. The Kier molecular flexibility index (Phi) is 3.80. The molecule has 1 heterocycles. The lowest BCUT2D eigenvalue weighted by Gasteiger charge is -2.12. The van der Waals surface area contributed by atoms with Crippen LogP contribution in [-0.4, -0.2) is 12.1 Å². The zero-order valence-electron chi connectivity index (χ0n) is 11.9. The van der Waals surface area contributed by atoms with Crippen molar-refractivity contribution in [3.05, 3.63) is 58.7 Å². The first kappa shape index (κ1) is 13.9. The third-order valence-corrected chi connectivity index (χ3v) is 3.80. The maximum Gasteiger partial charge on any atom is 0.119 e. The van der Waals surface area contributed by atoms with Gasteiger partial charge in [0.1, 0.15) is 5.75 Å². The number of methoxy groups -OCH3 is 1. The molecule has 3 aromatic rings. The van der Waals surface area contributed by atoms with E-state index >= 15 is 0 Å². The second-order valence-corrected chi connectivity index (χ2v) is 5.74. The molecular weight excluding hydrogens is 328 g/mol. The Labute approximate surface area is 132 Å². The van der Waals surface area contributed by atoms with Gasteiger partial charge in [0.05, 0.1) is 12.6 Å². The Balaban J connectivity index is 2.09.